The zero-order valence-electron chi connectivity index (χ0n) is 10.5. The third kappa shape index (κ3) is 1.91. The fourth-order valence-corrected chi connectivity index (χ4v) is 2.12. The van der Waals surface area contributed by atoms with E-state index in [1.54, 1.807) is 18.6 Å². The highest BCUT2D eigenvalue weighted by Gasteiger charge is 2.13. The topological polar surface area (TPSA) is 70.0 Å². The minimum atomic E-state index is 0.279. The Bertz CT molecular complexity index is 791. The maximum Gasteiger partial charge on any atom is 0.231 e. The maximum absolute atomic E-state index is 5.36. The van der Waals surface area contributed by atoms with Crippen molar-refractivity contribution in [3.05, 3.63) is 48.2 Å². The Hall–Kier alpha value is -2.76. The fraction of sp³-hybridized carbons (Fsp3) is 0.143. The van der Waals surface area contributed by atoms with Gasteiger partial charge in [-0.15, -0.1) is 0 Å². The molecule has 0 fully saturated rings. The van der Waals surface area contributed by atoms with Gasteiger partial charge < -0.3 is 9.47 Å². The Balaban J connectivity index is 1.67. The first-order valence-electron chi connectivity index (χ1n) is 6.20. The molecular formula is C14H10N4O2. The summed E-state index contributed by atoms with van der Waals surface area (Å²) in [4.78, 5) is 17.1. The SMILES string of the molecule is c1cnc2nc(Cc3ccc4c(c3)OCO4)ncc2n1. The second-order valence-corrected chi connectivity index (χ2v) is 4.42. The molecule has 0 N–H and O–H groups in total. The van der Waals surface area contributed by atoms with Crippen LogP contribution in [0.4, 0.5) is 0 Å². The first-order valence-corrected chi connectivity index (χ1v) is 6.20. The van der Waals surface area contributed by atoms with Gasteiger partial charge in [0.25, 0.3) is 0 Å². The van der Waals surface area contributed by atoms with E-state index in [2.05, 4.69) is 19.9 Å². The van der Waals surface area contributed by atoms with Gasteiger partial charge in [-0.05, 0) is 17.7 Å². The smallest absolute Gasteiger partial charge is 0.231 e. The zero-order chi connectivity index (χ0) is 13.4. The number of rotatable bonds is 2. The molecule has 0 amide bonds. The van der Waals surface area contributed by atoms with E-state index in [-0.39, 0.29) is 6.79 Å². The molecule has 3 aromatic rings. The number of ether oxygens (including phenoxy) is 2. The molecule has 0 aliphatic carbocycles. The zero-order valence-corrected chi connectivity index (χ0v) is 10.5. The largest absolute Gasteiger partial charge is 0.454 e. The van der Waals surface area contributed by atoms with Crippen molar-refractivity contribution in [3.8, 4) is 11.5 Å². The number of aromatic nitrogens is 4. The minimum Gasteiger partial charge on any atom is -0.454 e. The Morgan fingerprint density at radius 3 is 2.90 bits per heavy atom. The average Bonchev–Trinajstić information content (AvgIpc) is 2.95. The van der Waals surface area contributed by atoms with Crippen molar-refractivity contribution >= 4 is 11.2 Å². The summed E-state index contributed by atoms with van der Waals surface area (Å²) in [7, 11) is 0. The second-order valence-electron chi connectivity index (χ2n) is 4.42. The van der Waals surface area contributed by atoms with Gasteiger partial charge in [-0.2, -0.15) is 0 Å². The van der Waals surface area contributed by atoms with Crippen molar-refractivity contribution in [1.82, 2.24) is 19.9 Å². The third-order valence-corrected chi connectivity index (χ3v) is 3.08. The average molecular weight is 266 g/mol. The number of hydrogen-bond acceptors (Lipinski definition) is 6. The van der Waals surface area contributed by atoms with Gasteiger partial charge in [-0.1, -0.05) is 6.07 Å². The molecule has 0 bridgehead atoms. The van der Waals surface area contributed by atoms with Crippen LogP contribution in [-0.4, -0.2) is 26.7 Å². The Kier molecular flexibility index (Phi) is 2.45. The molecule has 0 radical (unpaired) electrons. The van der Waals surface area contributed by atoms with E-state index in [1.165, 1.54) is 0 Å². The van der Waals surface area contributed by atoms with Crippen LogP contribution in [0.1, 0.15) is 11.4 Å². The quantitative estimate of drug-likeness (QED) is 0.703. The first kappa shape index (κ1) is 11.1. The lowest BCUT2D eigenvalue weighted by atomic mass is 10.1. The Labute approximate surface area is 114 Å². The summed E-state index contributed by atoms with van der Waals surface area (Å²) in [6.07, 6.45) is 5.56. The standard InChI is InChI=1S/C14H10N4O2/c1-2-11-12(20-8-19-11)5-9(1)6-13-17-7-10-14(18-13)16-4-3-15-10/h1-5,7H,6,8H2. The van der Waals surface area contributed by atoms with Gasteiger partial charge in [-0.3, -0.25) is 0 Å². The van der Waals surface area contributed by atoms with E-state index in [9.17, 15) is 0 Å². The van der Waals surface area contributed by atoms with Crippen molar-refractivity contribution in [2.75, 3.05) is 6.79 Å². The second kappa shape index (κ2) is 4.41. The molecule has 6 nitrogen and oxygen atoms in total. The van der Waals surface area contributed by atoms with Crippen LogP contribution in [-0.2, 0) is 6.42 Å². The predicted molar refractivity (Wildman–Crippen MR) is 70.5 cm³/mol. The molecule has 0 spiro atoms. The van der Waals surface area contributed by atoms with Crippen LogP contribution in [0, 0.1) is 0 Å². The highest BCUT2D eigenvalue weighted by atomic mass is 16.7. The van der Waals surface area contributed by atoms with Crippen molar-refractivity contribution in [3.63, 3.8) is 0 Å². The van der Waals surface area contributed by atoms with E-state index in [0.717, 1.165) is 17.1 Å². The molecule has 4 rings (SSSR count). The minimum absolute atomic E-state index is 0.279. The molecule has 0 unspecified atom stereocenters. The van der Waals surface area contributed by atoms with E-state index < -0.39 is 0 Å². The Morgan fingerprint density at radius 2 is 1.90 bits per heavy atom. The number of fused-ring (bicyclic) bond motifs is 2. The lowest BCUT2D eigenvalue weighted by Crippen LogP contribution is -1.98. The predicted octanol–water partition coefficient (Wildman–Crippen LogP) is 1.74. The summed E-state index contributed by atoms with van der Waals surface area (Å²) in [5, 5.41) is 0. The lowest BCUT2D eigenvalue weighted by Gasteiger charge is -2.03. The van der Waals surface area contributed by atoms with Crippen molar-refractivity contribution in [2.45, 2.75) is 6.42 Å². The molecule has 20 heavy (non-hydrogen) atoms. The van der Waals surface area contributed by atoms with Crippen LogP contribution in [0.3, 0.4) is 0 Å². The summed E-state index contributed by atoms with van der Waals surface area (Å²) >= 11 is 0. The number of hydrogen-bond donors (Lipinski definition) is 0. The highest BCUT2D eigenvalue weighted by Crippen LogP contribution is 2.32. The summed E-state index contributed by atoms with van der Waals surface area (Å²) in [5.41, 5.74) is 2.37. The van der Waals surface area contributed by atoms with Crippen LogP contribution in [0.2, 0.25) is 0 Å². The van der Waals surface area contributed by atoms with Crippen molar-refractivity contribution in [1.29, 1.82) is 0 Å². The molecule has 1 aromatic carbocycles. The molecule has 1 aliphatic rings. The van der Waals surface area contributed by atoms with Gasteiger partial charge >= 0.3 is 0 Å². The van der Waals surface area contributed by atoms with Gasteiger partial charge in [0, 0.05) is 18.8 Å². The molecule has 3 heterocycles. The van der Waals surface area contributed by atoms with Crippen LogP contribution < -0.4 is 9.47 Å². The van der Waals surface area contributed by atoms with E-state index in [4.69, 9.17) is 9.47 Å². The Morgan fingerprint density at radius 1 is 1.00 bits per heavy atom. The molecule has 0 saturated heterocycles. The number of benzene rings is 1. The molecule has 1 aliphatic heterocycles. The molecule has 0 saturated carbocycles. The van der Waals surface area contributed by atoms with Crippen LogP contribution in [0.5, 0.6) is 11.5 Å². The van der Waals surface area contributed by atoms with Gasteiger partial charge in [0.15, 0.2) is 17.1 Å². The summed E-state index contributed by atoms with van der Waals surface area (Å²) in [5.74, 6) is 2.25. The highest BCUT2D eigenvalue weighted by molar-refractivity contribution is 5.67. The van der Waals surface area contributed by atoms with Crippen LogP contribution >= 0.6 is 0 Å². The molecule has 98 valence electrons. The monoisotopic (exact) mass is 266 g/mol. The molecular weight excluding hydrogens is 256 g/mol. The van der Waals surface area contributed by atoms with Crippen molar-refractivity contribution in [2.24, 2.45) is 0 Å². The van der Waals surface area contributed by atoms with E-state index >= 15 is 0 Å². The van der Waals surface area contributed by atoms with Gasteiger partial charge in [0.05, 0.1) is 6.20 Å². The van der Waals surface area contributed by atoms with Gasteiger partial charge in [-0.25, -0.2) is 19.9 Å². The molecule has 0 atom stereocenters. The van der Waals surface area contributed by atoms with Crippen LogP contribution in [0.25, 0.3) is 11.2 Å². The van der Waals surface area contributed by atoms with E-state index in [0.29, 0.717) is 23.4 Å². The normalized spacial score (nSPS) is 12.8. The van der Waals surface area contributed by atoms with Gasteiger partial charge in [0.2, 0.25) is 6.79 Å². The maximum atomic E-state index is 5.36. The number of nitrogens with zero attached hydrogens (tertiary/aromatic N) is 4. The lowest BCUT2D eigenvalue weighted by molar-refractivity contribution is 0.174. The van der Waals surface area contributed by atoms with Gasteiger partial charge in [0.1, 0.15) is 11.3 Å². The summed E-state index contributed by atoms with van der Waals surface area (Å²) in [6, 6.07) is 5.84. The first-order chi connectivity index (χ1) is 9.88. The molecule has 2 aromatic heterocycles. The van der Waals surface area contributed by atoms with Crippen molar-refractivity contribution < 1.29 is 9.47 Å². The third-order valence-electron chi connectivity index (χ3n) is 3.08. The molecule has 6 heteroatoms. The van der Waals surface area contributed by atoms with Crippen LogP contribution in [0.15, 0.2) is 36.8 Å². The summed E-state index contributed by atoms with van der Waals surface area (Å²) < 4.78 is 10.7. The van der Waals surface area contributed by atoms with E-state index in [1.807, 2.05) is 18.2 Å². The fourth-order valence-electron chi connectivity index (χ4n) is 2.12. The summed E-state index contributed by atoms with van der Waals surface area (Å²) in [6.45, 7) is 0.279.